The average Bonchev–Trinajstić information content (AvgIpc) is 3.19. The van der Waals surface area contributed by atoms with E-state index in [9.17, 15) is 4.79 Å². The fourth-order valence-electron chi connectivity index (χ4n) is 3.55. The van der Waals surface area contributed by atoms with Gasteiger partial charge in [0.05, 0.1) is 24.4 Å². The first-order valence-corrected chi connectivity index (χ1v) is 12.8. The molecule has 0 atom stereocenters. The summed E-state index contributed by atoms with van der Waals surface area (Å²) < 4.78 is 24.9. The van der Waals surface area contributed by atoms with Crippen molar-refractivity contribution in [3.63, 3.8) is 0 Å². The minimum absolute atomic E-state index is 0.255. The standard InChI is InChI=1S/C24H35BN2O5S/c1-8-10-11-19-26-20(33-7)21(30-22(28)29-9-2)27(19)16-17-12-14-18(15-13-17)25-31-23(3,4)24(5,6)32-25/h12-15H,8-11,16H2,1-7H3. The van der Waals surface area contributed by atoms with Gasteiger partial charge in [-0.15, -0.1) is 11.8 Å². The molecule has 33 heavy (non-hydrogen) atoms. The fourth-order valence-corrected chi connectivity index (χ4v) is 4.07. The zero-order valence-corrected chi connectivity index (χ0v) is 21.6. The third-order valence-corrected chi connectivity index (χ3v) is 6.86. The molecule has 1 fully saturated rings. The number of benzene rings is 1. The second-order valence-electron chi connectivity index (χ2n) is 9.15. The van der Waals surface area contributed by atoms with Crippen LogP contribution in [0.1, 0.15) is 65.8 Å². The molecule has 0 radical (unpaired) electrons. The molecule has 180 valence electrons. The van der Waals surface area contributed by atoms with Crippen LogP contribution in [0.2, 0.25) is 0 Å². The molecule has 2 aromatic rings. The summed E-state index contributed by atoms with van der Waals surface area (Å²) >= 11 is 1.46. The number of unbranched alkanes of at least 4 members (excludes halogenated alkanes) is 1. The highest BCUT2D eigenvalue weighted by Gasteiger charge is 2.51. The van der Waals surface area contributed by atoms with Gasteiger partial charge in [-0.1, -0.05) is 37.6 Å². The first kappa shape index (κ1) is 25.7. The molecule has 2 heterocycles. The van der Waals surface area contributed by atoms with Gasteiger partial charge in [0, 0.05) is 6.42 Å². The number of ether oxygens (including phenoxy) is 2. The third-order valence-electron chi connectivity index (χ3n) is 6.21. The summed E-state index contributed by atoms with van der Waals surface area (Å²) in [5.74, 6) is 1.33. The summed E-state index contributed by atoms with van der Waals surface area (Å²) in [6.07, 6.45) is 4.07. The number of nitrogens with zero attached hydrogens (tertiary/aromatic N) is 2. The summed E-state index contributed by atoms with van der Waals surface area (Å²) in [5, 5.41) is 0.683. The lowest BCUT2D eigenvalue weighted by atomic mass is 9.79. The highest BCUT2D eigenvalue weighted by Crippen LogP contribution is 2.36. The van der Waals surface area contributed by atoms with Crippen LogP contribution in [-0.4, -0.2) is 46.9 Å². The first-order valence-electron chi connectivity index (χ1n) is 11.5. The van der Waals surface area contributed by atoms with E-state index in [0.717, 1.165) is 36.1 Å². The van der Waals surface area contributed by atoms with Crippen LogP contribution in [-0.2, 0) is 27.0 Å². The molecule has 1 aromatic heterocycles. The normalized spacial score (nSPS) is 16.8. The molecule has 0 amide bonds. The lowest BCUT2D eigenvalue weighted by Gasteiger charge is -2.32. The third kappa shape index (κ3) is 5.76. The molecule has 7 nitrogen and oxygen atoms in total. The van der Waals surface area contributed by atoms with Gasteiger partial charge in [0.25, 0.3) is 0 Å². The van der Waals surface area contributed by atoms with Crippen LogP contribution < -0.4 is 10.2 Å². The number of hydrogen-bond donors (Lipinski definition) is 0. The Morgan fingerprint density at radius 3 is 2.30 bits per heavy atom. The molecular formula is C24H35BN2O5S. The van der Waals surface area contributed by atoms with E-state index in [1.165, 1.54) is 11.8 Å². The van der Waals surface area contributed by atoms with Crippen molar-refractivity contribution in [2.45, 2.75) is 83.6 Å². The average molecular weight is 474 g/mol. The minimum Gasteiger partial charge on any atom is -0.434 e. The molecule has 3 rings (SSSR count). The molecule has 0 saturated carbocycles. The Labute approximate surface area is 201 Å². The molecule has 0 aliphatic carbocycles. The first-order chi connectivity index (χ1) is 15.6. The second kappa shape index (κ2) is 10.5. The van der Waals surface area contributed by atoms with Gasteiger partial charge >= 0.3 is 13.3 Å². The number of aromatic nitrogens is 2. The summed E-state index contributed by atoms with van der Waals surface area (Å²) in [7, 11) is -0.400. The van der Waals surface area contributed by atoms with Gasteiger partial charge in [-0.2, -0.15) is 0 Å². The monoisotopic (exact) mass is 474 g/mol. The van der Waals surface area contributed by atoms with E-state index in [2.05, 4.69) is 19.1 Å². The smallest absolute Gasteiger partial charge is 0.434 e. The Morgan fingerprint density at radius 2 is 1.76 bits per heavy atom. The zero-order chi connectivity index (χ0) is 24.2. The van der Waals surface area contributed by atoms with Crippen LogP contribution in [0, 0.1) is 0 Å². The van der Waals surface area contributed by atoms with Crippen LogP contribution >= 0.6 is 11.8 Å². The lowest BCUT2D eigenvalue weighted by Crippen LogP contribution is -2.41. The maximum absolute atomic E-state index is 12.1. The number of rotatable bonds is 9. The van der Waals surface area contributed by atoms with E-state index in [4.69, 9.17) is 23.8 Å². The lowest BCUT2D eigenvalue weighted by molar-refractivity contribution is 0.00578. The van der Waals surface area contributed by atoms with Gasteiger partial charge in [-0.05, 0) is 58.3 Å². The molecular weight excluding hydrogens is 439 g/mol. The number of aryl methyl sites for hydroxylation is 1. The van der Waals surface area contributed by atoms with Crippen molar-refractivity contribution < 1.29 is 23.6 Å². The SMILES string of the molecule is CCCCc1nc(SC)c(OC(=O)OCC)n1Cc1ccc(B2OC(C)(C)C(C)(C)O2)cc1. The van der Waals surface area contributed by atoms with Crippen LogP contribution in [0.3, 0.4) is 0 Å². The number of hydrogen-bond acceptors (Lipinski definition) is 7. The van der Waals surface area contributed by atoms with Crippen LogP contribution in [0.15, 0.2) is 29.3 Å². The quantitative estimate of drug-likeness (QED) is 0.293. The highest BCUT2D eigenvalue weighted by atomic mass is 32.2. The van der Waals surface area contributed by atoms with Gasteiger partial charge in [-0.3, -0.25) is 4.57 Å². The fraction of sp³-hybridized carbons (Fsp3) is 0.583. The molecule has 1 aromatic carbocycles. The molecule has 0 spiro atoms. The minimum atomic E-state index is -0.716. The van der Waals surface area contributed by atoms with Crippen LogP contribution in [0.4, 0.5) is 4.79 Å². The Kier molecular flexibility index (Phi) is 8.19. The van der Waals surface area contributed by atoms with Gasteiger partial charge in [-0.25, -0.2) is 9.78 Å². The van der Waals surface area contributed by atoms with Crippen LogP contribution in [0.25, 0.3) is 0 Å². The zero-order valence-electron chi connectivity index (χ0n) is 20.8. The molecule has 1 aliphatic rings. The summed E-state index contributed by atoms with van der Waals surface area (Å²) in [5.41, 5.74) is 1.28. The van der Waals surface area contributed by atoms with Crippen LogP contribution in [0.5, 0.6) is 5.88 Å². The van der Waals surface area contributed by atoms with Crippen molar-refractivity contribution in [3.05, 3.63) is 35.7 Å². The number of imidazole rings is 1. The Bertz CT molecular complexity index is 943. The number of carbonyl (C=O) groups is 1. The Hall–Kier alpha value is -1.97. The Balaban J connectivity index is 1.85. The molecule has 1 saturated heterocycles. The predicted octanol–water partition coefficient (Wildman–Crippen LogP) is 4.83. The predicted molar refractivity (Wildman–Crippen MR) is 132 cm³/mol. The maximum Gasteiger partial charge on any atom is 0.515 e. The van der Waals surface area contributed by atoms with Crippen molar-refractivity contribution in [3.8, 4) is 5.88 Å². The van der Waals surface area contributed by atoms with E-state index in [0.29, 0.717) is 17.5 Å². The molecule has 9 heteroatoms. The summed E-state index contributed by atoms with van der Waals surface area (Å²) in [4.78, 5) is 16.8. The molecule has 0 bridgehead atoms. The van der Waals surface area contributed by atoms with Crippen molar-refractivity contribution in [2.24, 2.45) is 0 Å². The molecule has 1 aliphatic heterocycles. The van der Waals surface area contributed by atoms with Crippen molar-refractivity contribution in [2.75, 3.05) is 12.9 Å². The summed E-state index contributed by atoms with van der Waals surface area (Å²) in [6, 6.07) is 8.16. The largest absolute Gasteiger partial charge is 0.515 e. The van der Waals surface area contributed by atoms with Gasteiger partial charge in [0.1, 0.15) is 5.82 Å². The van der Waals surface area contributed by atoms with E-state index in [-0.39, 0.29) is 17.8 Å². The van der Waals surface area contributed by atoms with E-state index in [1.54, 1.807) is 6.92 Å². The van der Waals surface area contributed by atoms with Gasteiger partial charge in [0.2, 0.25) is 5.88 Å². The van der Waals surface area contributed by atoms with E-state index >= 15 is 0 Å². The van der Waals surface area contributed by atoms with Crippen molar-refractivity contribution in [1.29, 1.82) is 0 Å². The topological polar surface area (TPSA) is 71.8 Å². The van der Waals surface area contributed by atoms with Crippen molar-refractivity contribution >= 4 is 30.5 Å². The van der Waals surface area contributed by atoms with Gasteiger partial charge in [0.15, 0.2) is 5.03 Å². The summed E-state index contributed by atoms with van der Waals surface area (Å²) in [6.45, 7) is 12.9. The van der Waals surface area contributed by atoms with E-state index < -0.39 is 13.3 Å². The second-order valence-corrected chi connectivity index (χ2v) is 9.94. The highest BCUT2D eigenvalue weighted by molar-refractivity contribution is 7.98. The molecule has 0 unspecified atom stereocenters. The molecule has 0 N–H and O–H groups in total. The number of thioether (sulfide) groups is 1. The van der Waals surface area contributed by atoms with Gasteiger partial charge < -0.3 is 18.8 Å². The van der Waals surface area contributed by atoms with Crippen molar-refractivity contribution in [1.82, 2.24) is 9.55 Å². The maximum atomic E-state index is 12.1. The number of carbonyl (C=O) groups excluding carboxylic acids is 1. The van der Waals surface area contributed by atoms with E-state index in [1.807, 2.05) is 50.7 Å². The Morgan fingerprint density at radius 1 is 1.12 bits per heavy atom.